The molecule has 0 radical (unpaired) electrons. The molecule has 3 aromatic rings. The number of anilines is 1. The Balaban J connectivity index is 1.57. The largest absolute Gasteiger partial charge is 0.361 e. The minimum absolute atomic E-state index is 0.201. The van der Waals surface area contributed by atoms with Crippen LogP contribution >= 0.6 is 23.2 Å². The zero-order valence-electron chi connectivity index (χ0n) is 14.3. The fourth-order valence-electron chi connectivity index (χ4n) is 3.51. The lowest BCUT2D eigenvalue weighted by molar-refractivity contribution is -0.119. The molecule has 0 bridgehead atoms. The highest BCUT2D eigenvalue weighted by molar-refractivity contribution is 6.35. The number of rotatable bonds is 3. The fourth-order valence-corrected chi connectivity index (χ4v) is 3.88. The molecule has 2 N–H and O–H groups in total. The first-order chi connectivity index (χ1) is 13.0. The van der Waals surface area contributed by atoms with Crippen LogP contribution in [0, 0.1) is 0 Å². The number of halogens is 2. The van der Waals surface area contributed by atoms with Gasteiger partial charge in [0.25, 0.3) is 5.91 Å². The van der Waals surface area contributed by atoms with Crippen LogP contribution in [0.25, 0.3) is 10.9 Å². The van der Waals surface area contributed by atoms with E-state index in [0.717, 1.165) is 23.0 Å². The molecule has 0 saturated carbocycles. The van der Waals surface area contributed by atoms with Gasteiger partial charge in [0, 0.05) is 28.7 Å². The minimum atomic E-state index is -0.540. The zero-order valence-corrected chi connectivity index (χ0v) is 15.8. The summed E-state index contributed by atoms with van der Waals surface area (Å²) in [5.41, 5.74) is 1.98. The molecule has 5 nitrogen and oxygen atoms in total. The molecule has 0 spiro atoms. The molecule has 7 heteroatoms. The number of carbonyl (C=O) groups excluding carboxylic acids is 2. The summed E-state index contributed by atoms with van der Waals surface area (Å²) in [5.74, 6) is -0.479. The summed E-state index contributed by atoms with van der Waals surface area (Å²) in [5, 5.41) is 4.65. The van der Waals surface area contributed by atoms with E-state index < -0.39 is 6.04 Å². The average Bonchev–Trinajstić information content (AvgIpc) is 3.32. The third kappa shape index (κ3) is 3.40. The Morgan fingerprint density at radius 3 is 2.85 bits per heavy atom. The third-order valence-corrected chi connectivity index (χ3v) is 5.39. The molecule has 1 saturated heterocycles. The summed E-state index contributed by atoms with van der Waals surface area (Å²) in [6.45, 7) is 0.508. The molecule has 1 aromatic heterocycles. The van der Waals surface area contributed by atoms with Crippen molar-refractivity contribution in [1.82, 2.24) is 9.88 Å². The van der Waals surface area contributed by atoms with E-state index in [9.17, 15) is 9.59 Å². The van der Waals surface area contributed by atoms with E-state index in [-0.39, 0.29) is 11.8 Å². The fraction of sp³-hybridized carbons (Fsp3) is 0.200. The van der Waals surface area contributed by atoms with Crippen molar-refractivity contribution in [3.8, 4) is 0 Å². The number of hydrogen-bond acceptors (Lipinski definition) is 2. The van der Waals surface area contributed by atoms with E-state index in [1.54, 1.807) is 23.1 Å². The Kier molecular flexibility index (Phi) is 4.81. The first-order valence-corrected chi connectivity index (χ1v) is 9.43. The molecule has 2 aromatic carbocycles. The van der Waals surface area contributed by atoms with Crippen LogP contribution in [0.5, 0.6) is 0 Å². The van der Waals surface area contributed by atoms with Gasteiger partial charge in [-0.2, -0.15) is 0 Å². The lowest BCUT2D eigenvalue weighted by Crippen LogP contribution is -2.43. The van der Waals surface area contributed by atoms with E-state index >= 15 is 0 Å². The molecule has 0 aliphatic carbocycles. The van der Waals surface area contributed by atoms with Crippen LogP contribution in [0.2, 0.25) is 10.0 Å². The normalized spacial score (nSPS) is 16.7. The first kappa shape index (κ1) is 17.9. The Labute approximate surface area is 166 Å². The van der Waals surface area contributed by atoms with Crippen molar-refractivity contribution in [1.29, 1.82) is 0 Å². The second-order valence-corrected chi connectivity index (χ2v) is 7.36. The number of carbonyl (C=O) groups is 2. The van der Waals surface area contributed by atoms with Gasteiger partial charge < -0.3 is 15.2 Å². The molecule has 1 aliphatic rings. The number of amides is 2. The standard InChI is InChI=1S/C20H17Cl2N3O2/c21-12-6-7-15(22)14(11-12)20(27)25-10-2-5-18(25)19(26)24-17-4-1-3-16-13(17)8-9-23-16/h1,3-4,6-9,11,18,23H,2,5,10H2,(H,24,26). The molecule has 1 unspecified atom stereocenters. The highest BCUT2D eigenvalue weighted by Gasteiger charge is 2.35. The van der Waals surface area contributed by atoms with Gasteiger partial charge in [0.05, 0.1) is 16.3 Å². The van der Waals surface area contributed by atoms with Crippen LogP contribution in [0.3, 0.4) is 0 Å². The molecule has 2 heterocycles. The number of benzene rings is 2. The maximum absolute atomic E-state index is 13.0. The lowest BCUT2D eigenvalue weighted by atomic mass is 10.1. The topological polar surface area (TPSA) is 65.2 Å². The molecule has 4 rings (SSSR count). The summed E-state index contributed by atoms with van der Waals surface area (Å²) >= 11 is 12.2. The van der Waals surface area contributed by atoms with Gasteiger partial charge in [-0.3, -0.25) is 9.59 Å². The lowest BCUT2D eigenvalue weighted by Gasteiger charge is -2.24. The number of aromatic amines is 1. The maximum Gasteiger partial charge on any atom is 0.256 e. The molecule has 1 aliphatic heterocycles. The Morgan fingerprint density at radius 1 is 1.15 bits per heavy atom. The van der Waals surface area contributed by atoms with Crippen molar-refractivity contribution in [2.75, 3.05) is 11.9 Å². The number of fused-ring (bicyclic) bond motifs is 1. The predicted molar refractivity (Wildman–Crippen MR) is 107 cm³/mol. The third-order valence-electron chi connectivity index (χ3n) is 4.83. The Bertz CT molecular complexity index is 1030. The molecular weight excluding hydrogens is 385 g/mol. The Hall–Kier alpha value is -2.50. The molecule has 1 fully saturated rings. The number of hydrogen-bond donors (Lipinski definition) is 2. The maximum atomic E-state index is 13.0. The van der Waals surface area contributed by atoms with Gasteiger partial charge in [-0.1, -0.05) is 29.3 Å². The van der Waals surface area contributed by atoms with Crippen molar-refractivity contribution < 1.29 is 9.59 Å². The second kappa shape index (κ2) is 7.25. The van der Waals surface area contributed by atoms with Gasteiger partial charge in [0.15, 0.2) is 0 Å². The summed E-state index contributed by atoms with van der Waals surface area (Å²) in [6, 6.07) is 11.8. The van der Waals surface area contributed by atoms with Gasteiger partial charge in [-0.05, 0) is 49.2 Å². The summed E-state index contributed by atoms with van der Waals surface area (Å²) in [7, 11) is 0. The summed E-state index contributed by atoms with van der Waals surface area (Å²) < 4.78 is 0. The molecule has 138 valence electrons. The van der Waals surface area contributed by atoms with Gasteiger partial charge >= 0.3 is 0 Å². The summed E-state index contributed by atoms with van der Waals surface area (Å²) in [6.07, 6.45) is 3.20. The van der Waals surface area contributed by atoms with Gasteiger partial charge in [0.2, 0.25) is 5.91 Å². The molecule has 1 atom stereocenters. The van der Waals surface area contributed by atoms with Crippen molar-refractivity contribution >= 4 is 51.6 Å². The smallest absolute Gasteiger partial charge is 0.256 e. The van der Waals surface area contributed by atoms with Gasteiger partial charge in [-0.25, -0.2) is 0 Å². The van der Waals surface area contributed by atoms with E-state index in [4.69, 9.17) is 23.2 Å². The van der Waals surface area contributed by atoms with Crippen LogP contribution in [0.15, 0.2) is 48.7 Å². The van der Waals surface area contributed by atoms with E-state index in [2.05, 4.69) is 10.3 Å². The van der Waals surface area contributed by atoms with Crippen LogP contribution in [-0.4, -0.2) is 34.3 Å². The van der Waals surface area contributed by atoms with Crippen LogP contribution < -0.4 is 5.32 Å². The average molecular weight is 402 g/mol. The zero-order chi connectivity index (χ0) is 19.0. The molecular formula is C20H17Cl2N3O2. The predicted octanol–water partition coefficient (Wildman–Crippen LogP) is 4.72. The van der Waals surface area contributed by atoms with Crippen molar-refractivity contribution in [3.63, 3.8) is 0 Å². The minimum Gasteiger partial charge on any atom is -0.361 e. The number of nitrogens with zero attached hydrogens (tertiary/aromatic N) is 1. The van der Waals surface area contributed by atoms with E-state index in [1.807, 2.05) is 30.5 Å². The van der Waals surface area contributed by atoms with Crippen molar-refractivity contribution in [2.45, 2.75) is 18.9 Å². The van der Waals surface area contributed by atoms with Gasteiger partial charge in [0.1, 0.15) is 6.04 Å². The molecule has 2 amide bonds. The summed E-state index contributed by atoms with van der Waals surface area (Å²) in [4.78, 5) is 30.6. The van der Waals surface area contributed by atoms with Crippen LogP contribution in [0.4, 0.5) is 5.69 Å². The van der Waals surface area contributed by atoms with E-state index in [1.165, 1.54) is 0 Å². The number of nitrogens with one attached hydrogen (secondary N) is 2. The van der Waals surface area contributed by atoms with Crippen molar-refractivity contribution in [3.05, 3.63) is 64.3 Å². The van der Waals surface area contributed by atoms with Crippen LogP contribution in [-0.2, 0) is 4.79 Å². The SMILES string of the molecule is O=C(Nc1cccc2[nH]ccc12)C1CCCN1C(=O)c1cc(Cl)ccc1Cl. The Morgan fingerprint density at radius 2 is 2.00 bits per heavy atom. The monoisotopic (exact) mass is 401 g/mol. The van der Waals surface area contributed by atoms with Crippen molar-refractivity contribution in [2.24, 2.45) is 0 Å². The second-order valence-electron chi connectivity index (χ2n) is 6.51. The van der Waals surface area contributed by atoms with Gasteiger partial charge in [-0.15, -0.1) is 0 Å². The number of likely N-dealkylation sites (tertiary alicyclic amines) is 1. The number of H-pyrrole nitrogens is 1. The highest BCUT2D eigenvalue weighted by atomic mass is 35.5. The highest BCUT2D eigenvalue weighted by Crippen LogP contribution is 2.28. The quantitative estimate of drug-likeness (QED) is 0.666. The molecule has 27 heavy (non-hydrogen) atoms. The van der Waals surface area contributed by atoms with Crippen LogP contribution in [0.1, 0.15) is 23.2 Å². The van der Waals surface area contributed by atoms with E-state index in [0.29, 0.717) is 28.6 Å². The first-order valence-electron chi connectivity index (χ1n) is 8.67. The number of aromatic nitrogens is 1.